The van der Waals surface area contributed by atoms with Crippen molar-refractivity contribution in [2.24, 2.45) is 7.05 Å². The highest BCUT2D eigenvalue weighted by atomic mass is 35.5. The minimum atomic E-state index is -0.941. The maximum Gasteiger partial charge on any atom is 0.225 e. The number of nitrogens with zero attached hydrogens (tertiary/aromatic N) is 4. The van der Waals surface area contributed by atoms with Gasteiger partial charge in [0.1, 0.15) is 18.0 Å². The summed E-state index contributed by atoms with van der Waals surface area (Å²) in [6, 6.07) is 7.36. The lowest BCUT2D eigenvalue weighted by molar-refractivity contribution is -0.167. The van der Waals surface area contributed by atoms with Crippen molar-refractivity contribution in [2.75, 3.05) is 52.6 Å². The molecule has 0 N–H and O–H groups in total. The molecule has 35 heavy (non-hydrogen) atoms. The first kappa shape index (κ1) is 25.5. The third-order valence-electron chi connectivity index (χ3n) is 6.59. The summed E-state index contributed by atoms with van der Waals surface area (Å²) in [5.74, 6) is 0.654. The quantitative estimate of drug-likeness (QED) is 0.548. The van der Waals surface area contributed by atoms with E-state index in [1.54, 1.807) is 32.8 Å². The van der Waals surface area contributed by atoms with Crippen LogP contribution in [0.25, 0.3) is 0 Å². The van der Waals surface area contributed by atoms with Crippen LogP contribution in [-0.4, -0.2) is 89.6 Å². The molecule has 0 radical (unpaired) electrons. The van der Waals surface area contributed by atoms with E-state index in [1.807, 2.05) is 26.1 Å². The number of hydrogen-bond acceptors (Lipinski definition) is 6. The smallest absolute Gasteiger partial charge is 0.225 e. The number of hydrogen-bond donors (Lipinski definition) is 0. The number of morpholine rings is 2. The summed E-state index contributed by atoms with van der Waals surface area (Å²) in [4.78, 5) is 29.9. The Balaban J connectivity index is 1.46. The highest BCUT2D eigenvalue weighted by Gasteiger charge is 2.42. The van der Waals surface area contributed by atoms with E-state index < -0.39 is 5.60 Å². The van der Waals surface area contributed by atoms with Crippen LogP contribution in [0.3, 0.4) is 0 Å². The van der Waals surface area contributed by atoms with Gasteiger partial charge >= 0.3 is 0 Å². The van der Waals surface area contributed by atoms with Crippen molar-refractivity contribution < 1.29 is 23.8 Å². The molecule has 1 aromatic heterocycles. The molecule has 2 saturated heterocycles. The van der Waals surface area contributed by atoms with Gasteiger partial charge in [-0.2, -0.15) is 5.10 Å². The number of halogens is 1. The molecule has 1 atom stereocenters. The zero-order valence-corrected chi connectivity index (χ0v) is 21.1. The third-order valence-corrected chi connectivity index (χ3v) is 7.01. The fourth-order valence-electron chi connectivity index (χ4n) is 4.46. The van der Waals surface area contributed by atoms with Gasteiger partial charge in [0.2, 0.25) is 11.8 Å². The number of carbonyl (C=O) groups excluding carboxylic acids is 2. The van der Waals surface area contributed by atoms with Crippen LogP contribution in [0, 0.1) is 6.92 Å². The van der Waals surface area contributed by atoms with Gasteiger partial charge in [-0.15, -0.1) is 0 Å². The SMILES string of the molecule is Cc1cc(OC[C@@]2(CC(=O)N3CCOCC3)CN(C(=O)CCc3ccnn3C)CCO2)ccc1Cl. The van der Waals surface area contributed by atoms with E-state index in [1.165, 1.54) is 0 Å². The first-order valence-corrected chi connectivity index (χ1v) is 12.4. The summed E-state index contributed by atoms with van der Waals surface area (Å²) in [6.07, 6.45) is 2.83. The molecule has 0 spiro atoms. The second-order valence-electron chi connectivity index (χ2n) is 9.16. The molecular formula is C25H33ClN4O5. The molecule has 2 amide bonds. The Morgan fingerprint density at radius 2 is 1.89 bits per heavy atom. The van der Waals surface area contributed by atoms with Gasteiger partial charge in [-0.25, -0.2) is 0 Å². The zero-order chi connectivity index (χ0) is 24.8. The molecule has 10 heteroatoms. The van der Waals surface area contributed by atoms with E-state index in [0.717, 1.165) is 11.3 Å². The van der Waals surface area contributed by atoms with Crippen LogP contribution < -0.4 is 4.74 Å². The monoisotopic (exact) mass is 504 g/mol. The molecule has 2 aliphatic heterocycles. The lowest BCUT2D eigenvalue weighted by Crippen LogP contribution is -2.58. The normalized spacial score (nSPS) is 20.7. The van der Waals surface area contributed by atoms with Gasteiger partial charge < -0.3 is 24.0 Å². The number of benzene rings is 1. The van der Waals surface area contributed by atoms with E-state index in [4.69, 9.17) is 25.8 Å². The Kier molecular flexibility index (Phi) is 8.30. The fourth-order valence-corrected chi connectivity index (χ4v) is 4.58. The van der Waals surface area contributed by atoms with Crippen LogP contribution in [0.1, 0.15) is 24.1 Å². The zero-order valence-electron chi connectivity index (χ0n) is 20.4. The minimum Gasteiger partial charge on any atom is -0.490 e. The number of rotatable bonds is 8. The molecule has 1 aromatic carbocycles. The first-order valence-electron chi connectivity index (χ1n) is 12.0. The molecule has 0 bridgehead atoms. The topological polar surface area (TPSA) is 86.1 Å². The van der Waals surface area contributed by atoms with Crippen molar-refractivity contribution >= 4 is 23.4 Å². The van der Waals surface area contributed by atoms with Gasteiger partial charge in [0.25, 0.3) is 0 Å². The largest absolute Gasteiger partial charge is 0.490 e. The summed E-state index contributed by atoms with van der Waals surface area (Å²) in [6.45, 7) is 5.34. The van der Waals surface area contributed by atoms with Crippen LogP contribution in [-0.2, 0) is 32.5 Å². The molecule has 9 nitrogen and oxygen atoms in total. The van der Waals surface area contributed by atoms with Crippen molar-refractivity contribution in [3.63, 3.8) is 0 Å². The molecular weight excluding hydrogens is 472 g/mol. The summed E-state index contributed by atoms with van der Waals surface area (Å²) in [7, 11) is 1.87. The predicted octanol–water partition coefficient (Wildman–Crippen LogP) is 2.24. The summed E-state index contributed by atoms with van der Waals surface area (Å²) >= 11 is 6.15. The molecule has 4 rings (SSSR count). The van der Waals surface area contributed by atoms with Crippen molar-refractivity contribution in [1.82, 2.24) is 19.6 Å². The summed E-state index contributed by atoms with van der Waals surface area (Å²) in [5, 5.41) is 4.83. The van der Waals surface area contributed by atoms with Crippen molar-refractivity contribution in [3.8, 4) is 5.75 Å². The molecule has 2 fully saturated rings. The van der Waals surface area contributed by atoms with Crippen LogP contribution in [0.15, 0.2) is 30.5 Å². The molecule has 190 valence electrons. The van der Waals surface area contributed by atoms with Crippen molar-refractivity contribution in [3.05, 3.63) is 46.7 Å². The number of aromatic nitrogens is 2. The fraction of sp³-hybridized carbons (Fsp3) is 0.560. The van der Waals surface area contributed by atoms with E-state index in [0.29, 0.717) is 69.6 Å². The van der Waals surface area contributed by atoms with E-state index in [2.05, 4.69) is 5.10 Å². The molecule has 2 aromatic rings. The van der Waals surface area contributed by atoms with Gasteiger partial charge in [-0.1, -0.05) is 11.6 Å². The molecule has 0 unspecified atom stereocenters. The highest BCUT2D eigenvalue weighted by Crippen LogP contribution is 2.28. The Labute approximate surface area is 210 Å². The van der Waals surface area contributed by atoms with E-state index in [-0.39, 0.29) is 24.8 Å². The van der Waals surface area contributed by atoms with Gasteiger partial charge in [0, 0.05) is 50.0 Å². The second kappa shape index (κ2) is 11.4. The van der Waals surface area contributed by atoms with Crippen LogP contribution in [0.2, 0.25) is 5.02 Å². The molecule has 0 saturated carbocycles. The summed E-state index contributed by atoms with van der Waals surface area (Å²) < 4.78 is 19.5. The lowest BCUT2D eigenvalue weighted by Gasteiger charge is -2.43. The Morgan fingerprint density at radius 1 is 1.11 bits per heavy atom. The standard InChI is InChI=1S/C25H33ClN4O5/c1-19-15-21(4-5-22(19)26)34-18-25(16-24(32)29-9-12-33-13-10-29)17-30(11-14-35-25)23(31)6-3-20-7-8-27-28(20)2/h4-5,7-8,15H,3,6,9-14,16-18H2,1-2H3/t25-/m1/s1. The lowest BCUT2D eigenvalue weighted by atomic mass is 9.96. The number of carbonyl (C=O) groups is 2. The van der Waals surface area contributed by atoms with Gasteiger partial charge in [-0.3, -0.25) is 14.3 Å². The van der Waals surface area contributed by atoms with Crippen LogP contribution in [0.5, 0.6) is 5.75 Å². The van der Waals surface area contributed by atoms with E-state index in [9.17, 15) is 9.59 Å². The number of amides is 2. The predicted molar refractivity (Wildman–Crippen MR) is 130 cm³/mol. The maximum absolute atomic E-state index is 13.2. The minimum absolute atomic E-state index is 0.0200. The number of aryl methyl sites for hydroxylation is 3. The molecule has 2 aliphatic rings. The average Bonchev–Trinajstić information content (AvgIpc) is 3.28. The Bertz CT molecular complexity index is 1040. The molecule has 0 aliphatic carbocycles. The number of ether oxygens (including phenoxy) is 3. The average molecular weight is 505 g/mol. The van der Waals surface area contributed by atoms with Crippen LogP contribution >= 0.6 is 11.6 Å². The van der Waals surface area contributed by atoms with Gasteiger partial charge in [-0.05, 0) is 43.2 Å². The second-order valence-corrected chi connectivity index (χ2v) is 9.57. The van der Waals surface area contributed by atoms with Gasteiger partial charge in [0.15, 0.2) is 0 Å². The highest BCUT2D eigenvalue weighted by molar-refractivity contribution is 6.31. The third kappa shape index (κ3) is 6.54. The summed E-state index contributed by atoms with van der Waals surface area (Å²) in [5.41, 5.74) is 0.963. The first-order chi connectivity index (χ1) is 16.8. The Morgan fingerprint density at radius 3 is 2.60 bits per heavy atom. The van der Waals surface area contributed by atoms with Crippen molar-refractivity contribution in [1.29, 1.82) is 0 Å². The van der Waals surface area contributed by atoms with Crippen LogP contribution in [0.4, 0.5) is 0 Å². The van der Waals surface area contributed by atoms with Crippen molar-refractivity contribution in [2.45, 2.75) is 31.8 Å². The maximum atomic E-state index is 13.2. The van der Waals surface area contributed by atoms with E-state index >= 15 is 0 Å². The molecule has 3 heterocycles. The Hall–Kier alpha value is -2.62. The van der Waals surface area contributed by atoms with Gasteiger partial charge in [0.05, 0.1) is 32.8 Å².